The lowest BCUT2D eigenvalue weighted by atomic mass is 10.1. The van der Waals surface area contributed by atoms with Crippen molar-refractivity contribution in [1.82, 2.24) is 9.97 Å². The Bertz CT molecular complexity index is 567. The average molecular weight is 268 g/mol. The summed E-state index contributed by atoms with van der Waals surface area (Å²) in [6.07, 6.45) is 0. The number of benzene rings is 1. The Kier molecular flexibility index (Phi) is 3.32. The lowest BCUT2D eigenvalue weighted by Gasteiger charge is -2.04. The summed E-state index contributed by atoms with van der Waals surface area (Å²) in [6, 6.07) is 9.10. The van der Waals surface area contributed by atoms with Crippen LogP contribution in [0.15, 0.2) is 24.3 Å². The molecule has 0 spiro atoms. The number of para-hydroxylation sites is 2. The molecule has 0 aliphatic heterocycles. The number of nitrogens with zero attached hydrogens (tertiary/aromatic N) is 2. The molecule has 6 heteroatoms. The predicted octanol–water partition coefficient (Wildman–Crippen LogP) is 2.54. The number of ketones is 1. The Hall–Kier alpha value is -1.57. The van der Waals surface area contributed by atoms with Gasteiger partial charge in [-0.1, -0.05) is 35.3 Å². The maximum Gasteiger partial charge on any atom is 0.190 e. The standard InChI is InChI=1S/C11H7Cl2N3O/c12-10(13)9(17)6(5-14)11-15-7-3-1-2-4-8(7)16-11/h1-4,6,10H,(H,15,16)/t6-/m1/s1. The summed E-state index contributed by atoms with van der Waals surface area (Å²) < 4.78 is 0. The number of halogens is 2. The van der Waals surface area contributed by atoms with Gasteiger partial charge in [-0.25, -0.2) is 4.98 Å². The van der Waals surface area contributed by atoms with Gasteiger partial charge in [0.2, 0.25) is 0 Å². The number of alkyl halides is 2. The topological polar surface area (TPSA) is 69.5 Å². The van der Waals surface area contributed by atoms with Gasteiger partial charge in [-0.05, 0) is 12.1 Å². The number of nitrogens with one attached hydrogen (secondary N) is 1. The number of aromatic amines is 1. The molecule has 1 aromatic carbocycles. The molecule has 17 heavy (non-hydrogen) atoms. The zero-order valence-corrected chi connectivity index (χ0v) is 10.0. The molecule has 86 valence electrons. The Morgan fingerprint density at radius 3 is 2.71 bits per heavy atom. The molecular formula is C11H7Cl2N3O. The first-order chi connectivity index (χ1) is 8.13. The minimum absolute atomic E-state index is 0.269. The fourth-order valence-electron chi connectivity index (χ4n) is 1.49. The van der Waals surface area contributed by atoms with Crippen molar-refractivity contribution < 1.29 is 4.79 Å². The van der Waals surface area contributed by atoms with E-state index in [2.05, 4.69) is 9.97 Å². The van der Waals surface area contributed by atoms with Gasteiger partial charge in [-0.2, -0.15) is 5.26 Å². The highest BCUT2D eigenvalue weighted by molar-refractivity contribution is 6.54. The van der Waals surface area contributed by atoms with Crippen molar-refractivity contribution in [3.8, 4) is 6.07 Å². The van der Waals surface area contributed by atoms with E-state index >= 15 is 0 Å². The van der Waals surface area contributed by atoms with Crippen LogP contribution >= 0.6 is 23.2 Å². The molecule has 0 bridgehead atoms. The number of fused-ring (bicyclic) bond motifs is 1. The molecule has 0 saturated heterocycles. The predicted molar refractivity (Wildman–Crippen MR) is 64.9 cm³/mol. The van der Waals surface area contributed by atoms with Crippen LogP contribution in [0, 0.1) is 11.3 Å². The quantitative estimate of drug-likeness (QED) is 0.869. The summed E-state index contributed by atoms with van der Waals surface area (Å²) in [4.78, 5) is 17.5. The lowest BCUT2D eigenvalue weighted by molar-refractivity contribution is -0.117. The molecule has 0 fully saturated rings. The Morgan fingerprint density at radius 2 is 2.12 bits per heavy atom. The van der Waals surface area contributed by atoms with E-state index in [1.54, 1.807) is 6.07 Å². The lowest BCUT2D eigenvalue weighted by Crippen LogP contribution is -2.18. The van der Waals surface area contributed by atoms with Crippen LogP contribution in [0.4, 0.5) is 0 Å². The highest BCUT2D eigenvalue weighted by Gasteiger charge is 2.28. The second kappa shape index (κ2) is 4.74. The van der Waals surface area contributed by atoms with E-state index in [9.17, 15) is 4.79 Å². The summed E-state index contributed by atoms with van der Waals surface area (Å²) in [6.45, 7) is 0. The third kappa shape index (κ3) is 2.26. The van der Waals surface area contributed by atoms with Crippen LogP contribution in [0.5, 0.6) is 0 Å². The number of carbonyl (C=O) groups excluding carboxylic acids is 1. The highest BCUT2D eigenvalue weighted by Crippen LogP contribution is 2.21. The van der Waals surface area contributed by atoms with E-state index in [1.165, 1.54) is 0 Å². The number of hydrogen-bond acceptors (Lipinski definition) is 3. The van der Waals surface area contributed by atoms with Crippen LogP contribution in [-0.2, 0) is 4.79 Å². The second-order valence-electron chi connectivity index (χ2n) is 3.40. The van der Waals surface area contributed by atoms with Crippen molar-refractivity contribution in [3.63, 3.8) is 0 Å². The Balaban J connectivity index is 2.44. The Morgan fingerprint density at radius 1 is 1.41 bits per heavy atom. The number of nitriles is 1. The zero-order chi connectivity index (χ0) is 12.4. The van der Waals surface area contributed by atoms with Crippen molar-refractivity contribution in [2.45, 2.75) is 10.8 Å². The number of Topliss-reactive ketones (excluding diaryl/α,β-unsaturated/α-hetero) is 1. The first kappa shape index (κ1) is 11.9. The van der Waals surface area contributed by atoms with Gasteiger partial charge in [0.25, 0.3) is 0 Å². The molecular weight excluding hydrogens is 261 g/mol. The van der Waals surface area contributed by atoms with Gasteiger partial charge in [-0.15, -0.1) is 0 Å². The highest BCUT2D eigenvalue weighted by atomic mass is 35.5. The van der Waals surface area contributed by atoms with E-state index in [1.807, 2.05) is 24.3 Å². The van der Waals surface area contributed by atoms with Crippen LogP contribution in [0.25, 0.3) is 11.0 Å². The van der Waals surface area contributed by atoms with Crippen molar-refractivity contribution >= 4 is 40.0 Å². The summed E-state index contributed by atoms with van der Waals surface area (Å²) >= 11 is 10.9. The molecule has 0 amide bonds. The number of rotatable bonds is 3. The fourth-order valence-corrected chi connectivity index (χ4v) is 1.75. The van der Waals surface area contributed by atoms with Crippen molar-refractivity contribution in [3.05, 3.63) is 30.1 Å². The van der Waals surface area contributed by atoms with Crippen LogP contribution in [0.1, 0.15) is 11.7 Å². The minimum atomic E-state index is -1.23. The van der Waals surface area contributed by atoms with Gasteiger partial charge >= 0.3 is 0 Å². The van der Waals surface area contributed by atoms with Gasteiger partial charge in [0.05, 0.1) is 17.1 Å². The molecule has 2 aromatic rings. The van der Waals surface area contributed by atoms with Crippen LogP contribution < -0.4 is 0 Å². The average Bonchev–Trinajstić information content (AvgIpc) is 2.72. The van der Waals surface area contributed by atoms with Crippen molar-refractivity contribution in [2.75, 3.05) is 0 Å². The first-order valence-corrected chi connectivity index (χ1v) is 5.67. The van der Waals surface area contributed by atoms with E-state index < -0.39 is 16.5 Å². The monoisotopic (exact) mass is 267 g/mol. The zero-order valence-electron chi connectivity index (χ0n) is 8.52. The number of hydrogen-bond donors (Lipinski definition) is 1. The first-order valence-electron chi connectivity index (χ1n) is 4.79. The SMILES string of the molecule is N#C[C@H](C(=O)C(Cl)Cl)c1nc2ccccc2[nH]1. The maximum absolute atomic E-state index is 11.6. The van der Waals surface area contributed by atoms with Gasteiger partial charge in [0, 0.05) is 0 Å². The molecule has 0 saturated carbocycles. The summed E-state index contributed by atoms with van der Waals surface area (Å²) in [5.74, 6) is -1.37. The summed E-state index contributed by atoms with van der Waals surface area (Å²) in [5, 5.41) is 8.98. The number of H-pyrrole nitrogens is 1. The molecule has 0 radical (unpaired) electrons. The fraction of sp³-hybridized carbons (Fsp3) is 0.182. The number of carbonyl (C=O) groups is 1. The molecule has 0 unspecified atom stereocenters. The summed E-state index contributed by atoms with van der Waals surface area (Å²) in [5.41, 5.74) is 1.45. The van der Waals surface area contributed by atoms with E-state index in [0.717, 1.165) is 5.52 Å². The third-order valence-electron chi connectivity index (χ3n) is 2.31. The molecule has 1 N–H and O–H groups in total. The summed E-state index contributed by atoms with van der Waals surface area (Å²) in [7, 11) is 0. The normalized spacial score (nSPS) is 12.6. The molecule has 0 aliphatic carbocycles. The van der Waals surface area contributed by atoms with Crippen molar-refractivity contribution in [2.24, 2.45) is 0 Å². The third-order valence-corrected chi connectivity index (χ3v) is 2.74. The van der Waals surface area contributed by atoms with Gasteiger partial charge < -0.3 is 4.98 Å². The van der Waals surface area contributed by atoms with E-state index in [-0.39, 0.29) is 5.82 Å². The molecule has 4 nitrogen and oxygen atoms in total. The van der Waals surface area contributed by atoms with Gasteiger partial charge in [0.1, 0.15) is 5.82 Å². The van der Waals surface area contributed by atoms with Crippen LogP contribution in [0.2, 0.25) is 0 Å². The minimum Gasteiger partial charge on any atom is -0.340 e. The number of imidazole rings is 1. The molecule has 0 aliphatic rings. The second-order valence-corrected chi connectivity index (χ2v) is 4.50. The molecule has 1 atom stereocenters. The van der Waals surface area contributed by atoms with Gasteiger partial charge in [0.15, 0.2) is 16.5 Å². The molecule has 1 aromatic heterocycles. The molecule has 2 rings (SSSR count). The van der Waals surface area contributed by atoms with Crippen LogP contribution in [-0.4, -0.2) is 20.6 Å². The maximum atomic E-state index is 11.6. The largest absolute Gasteiger partial charge is 0.340 e. The Labute approximate surface area is 107 Å². The van der Waals surface area contributed by atoms with E-state index in [4.69, 9.17) is 28.5 Å². The number of aromatic nitrogens is 2. The smallest absolute Gasteiger partial charge is 0.190 e. The van der Waals surface area contributed by atoms with Gasteiger partial charge in [-0.3, -0.25) is 4.79 Å². The van der Waals surface area contributed by atoms with Crippen molar-refractivity contribution in [1.29, 1.82) is 5.26 Å². The van der Waals surface area contributed by atoms with E-state index in [0.29, 0.717) is 5.52 Å². The van der Waals surface area contributed by atoms with Crippen LogP contribution in [0.3, 0.4) is 0 Å². The molecule has 1 heterocycles.